The third-order valence-electron chi connectivity index (χ3n) is 1.82. The minimum Gasteiger partial charge on any atom is -0.497 e. The van der Waals surface area contributed by atoms with Crippen LogP contribution in [0, 0.1) is 0 Å². The smallest absolute Gasteiger partial charge is 0.424 e. The summed E-state index contributed by atoms with van der Waals surface area (Å²) in [5.41, 5.74) is 0.235. The molecule has 0 fully saturated rings. The average molecular weight is 274 g/mol. The molecule has 0 spiro atoms. The Hall–Kier alpha value is -1.96. The molecular formula is C10H14N2O5S. The Morgan fingerprint density at radius 1 is 1.39 bits per heavy atom. The van der Waals surface area contributed by atoms with E-state index in [0.29, 0.717) is 5.75 Å². The largest absolute Gasteiger partial charge is 0.497 e. The van der Waals surface area contributed by atoms with Gasteiger partial charge in [-0.1, -0.05) is 6.07 Å². The van der Waals surface area contributed by atoms with Crippen LogP contribution in [0.2, 0.25) is 0 Å². The highest BCUT2D eigenvalue weighted by molar-refractivity contribution is 7.88. The van der Waals surface area contributed by atoms with E-state index in [2.05, 4.69) is 14.2 Å². The number of carbonyl (C=O) groups is 1. The minimum absolute atomic E-state index is 0.235. The van der Waals surface area contributed by atoms with Crippen LogP contribution in [0.1, 0.15) is 6.92 Å². The molecule has 0 aliphatic heterocycles. The molecule has 1 aromatic carbocycles. The van der Waals surface area contributed by atoms with Crippen molar-refractivity contribution in [3.8, 4) is 5.75 Å². The fourth-order valence-electron chi connectivity index (χ4n) is 1.13. The van der Waals surface area contributed by atoms with Crippen molar-refractivity contribution in [3.05, 3.63) is 24.3 Å². The van der Waals surface area contributed by atoms with Crippen molar-refractivity contribution in [1.29, 1.82) is 0 Å². The Balaban J connectivity index is 2.73. The minimum atomic E-state index is -4.20. The Bertz CT molecular complexity index is 515. The summed E-state index contributed by atoms with van der Waals surface area (Å²) in [5, 5.41) is 2.20. The van der Waals surface area contributed by atoms with Crippen LogP contribution in [0.15, 0.2) is 24.3 Å². The first-order valence-corrected chi connectivity index (χ1v) is 6.52. The summed E-state index contributed by atoms with van der Waals surface area (Å²) in [5.74, 6) is 0.480. The van der Waals surface area contributed by atoms with Crippen LogP contribution in [0.5, 0.6) is 5.75 Å². The van der Waals surface area contributed by atoms with E-state index in [1.165, 1.54) is 19.2 Å². The normalized spacial score (nSPS) is 10.6. The summed E-state index contributed by atoms with van der Waals surface area (Å²) in [6, 6.07) is 6.21. The first-order chi connectivity index (χ1) is 8.46. The van der Waals surface area contributed by atoms with Gasteiger partial charge in [0.25, 0.3) is 0 Å². The highest BCUT2D eigenvalue weighted by Crippen LogP contribution is 2.17. The molecule has 0 bridgehead atoms. The first-order valence-electron chi connectivity index (χ1n) is 5.11. The maximum absolute atomic E-state index is 11.4. The Morgan fingerprint density at radius 3 is 2.72 bits per heavy atom. The molecule has 0 saturated heterocycles. The standard InChI is InChI=1S/C10H14N2O5S/c1-3-11-10(13)17-18(14,15)12-8-5-4-6-9(7-8)16-2/h4-7,12H,3H2,1-2H3,(H,11,13). The second-order valence-electron chi connectivity index (χ2n) is 3.19. The lowest BCUT2D eigenvalue weighted by molar-refractivity contribution is 0.203. The van der Waals surface area contributed by atoms with E-state index >= 15 is 0 Å². The number of carbonyl (C=O) groups excluding carboxylic acids is 1. The van der Waals surface area contributed by atoms with Crippen molar-refractivity contribution in [2.75, 3.05) is 18.4 Å². The summed E-state index contributed by atoms with van der Waals surface area (Å²) < 4.78 is 34.2. The monoisotopic (exact) mass is 274 g/mol. The molecule has 100 valence electrons. The fourth-order valence-corrected chi connectivity index (χ4v) is 1.84. The number of hydrogen-bond donors (Lipinski definition) is 2. The number of methoxy groups -OCH3 is 1. The number of amides is 1. The highest BCUT2D eigenvalue weighted by atomic mass is 32.2. The summed E-state index contributed by atoms with van der Waals surface area (Å²) in [6.07, 6.45) is -1.03. The molecule has 0 unspecified atom stereocenters. The van der Waals surface area contributed by atoms with Crippen LogP contribution < -0.4 is 14.8 Å². The van der Waals surface area contributed by atoms with E-state index in [-0.39, 0.29) is 12.2 Å². The van der Waals surface area contributed by atoms with E-state index in [0.717, 1.165) is 0 Å². The molecule has 0 saturated carbocycles. The van der Waals surface area contributed by atoms with Gasteiger partial charge < -0.3 is 14.2 Å². The Labute approximate surface area is 105 Å². The summed E-state index contributed by atoms with van der Waals surface area (Å²) in [7, 11) is -2.74. The van der Waals surface area contributed by atoms with E-state index in [1.54, 1.807) is 19.1 Å². The van der Waals surface area contributed by atoms with Crippen molar-refractivity contribution in [3.63, 3.8) is 0 Å². The van der Waals surface area contributed by atoms with Gasteiger partial charge in [0.1, 0.15) is 5.75 Å². The first kappa shape index (κ1) is 14.1. The van der Waals surface area contributed by atoms with Crippen molar-refractivity contribution in [2.45, 2.75) is 6.92 Å². The van der Waals surface area contributed by atoms with E-state index in [9.17, 15) is 13.2 Å². The summed E-state index contributed by atoms with van der Waals surface area (Å²) >= 11 is 0. The van der Waals surface area contributed by atoms with Gasteiger partial charge in [0.15, 0.2) is 0 Å². The molecule has 8 heteroatoms. The molecule has 0 radical (unpaired) electrons. The van der Waals surface area contributed by atoms with Crippen LogP contribution in [0.3, 0.4) is 0 Å². The van der Waals surface area contributed by atoms with Gasteiger partial charge in [0, 0.05) is 12.6 Å². The maximum atomic E-state index is 11.4. The van der Waals surface area contributed by atoms with Crippen LogP contribution in [-0.4, -0.2) is 28.2 Å². The van der Waals surface area contributed by atoms with Crippen molar-refractivity contribution in [1.82, 2.24) is 5.32 Å². The topological polar surface area (TPSA) is 93.7 Å². The van der Waals surface area contributed by atoms with Gasteiger partial charge in [-0.3, -0.25) is 4.72 Å². The Morgan fingerprint density at radius 2 is 2.11 bits per heavy atom. The Kier molecular flexibility index (Phi) is 4.78. The van der Waals surface area contributed by atoms with Gasteiger partial charge in [-0.25, -0.2) is 4.79 Å². The van der Waals surface area contributed by atoms with Gasteiger partial charge in [-0.2, -0.15) is 8.42 Å². The van der Waals surface area contributed by atoms with Gasteiger partial charge in [-0.05, 0) is 19.1 Å². The molecule has 1 amide bonds. The van der Waals surface area contributed by atoms with Gasteiger partial charge in [-0.15, -0.1) is 0 Å². The van der Waals surface area contributed by atoms with Crippen LogP contribution in [0.25, 0.3) is 0 Å². The average Bonchev–Trinajstić information content (AvgIpc) is 2.28. The van der Waals surface area contributed by atoms with Gasteiger partial charge >= 0.3 is 16.4 Å². The fraction of sp³-hybridized carbons (Fsp3) is 0.300. The predicted molar refractivity (Wildman–Crippen MR) is 65.7 cm³/mol. The SMILES string of the molecule is CCNC(=O)OS(=O)(=O)Nc1cccc(OC)c1. The van der Waals surface area contributed by atoms with Crippen LogP contribution in [0.4, 0.5) is 10.5 Å². The molecular weight excluding hydrogens is 260 g/mol. The lowest BCUT2D eigenvalue weighted by Crippen LogP contribution is -2.29. The predicted octanol–water partition coefficient (Wildman–Crippen LogP) is 1.10. The zero-order valence-corrected chi connectivity index (χ0v) is 10.8. The van der Waals surface area contributed by atoms with E-state index in [4.69, 9.17) is 4.74 Å². The molecule has 0 aliphatic rings. The number of benzene rings is 1. The second-order valence-corrected chi connectivity index (χ2v) is 4.47. The summed E-state index contributed by atoms with van der Waals surface area (Å²) in [6.45, 7) is 1.91. The molecule has 1 aromatic rings. The van der Waals surface area contributed by atoms with Crippen molar-refractivity contribution < 1.29 is 22.1 Å². The number of anilines is 1. The van der Waals surface area contributed by atoms with Crippen molar-refractivity contribution >= 4 is 22.1 Å². The van der Waals surface area contributed by atoms with E-state index in [1.807, 2.05) is 0 Å². The highest BCUT2D eigenvalue weighted by Gasteiger charge is 2.16. The number of nitrogens with one attached hydrogen (secondary N) is 2. The maximum Gasteiger partial charge on any atom is 0.424 e. The molecule has 0 atom stereocenters. The van der Waals surface area contributed by atoms with Gasteiger partial charge in [0.2, 0.25) is 0 Å². The van der Waals surface area contributed by atoms with Gasteiger partial charge in [0.05, 0.1) is 12.8 Å². The van der Waals surface area contributed by atoms with E-state index < -0.39 is 16.4 Å². The molecule has 7 nitrogen and oxygen atoms in total. The molecule has 2 N–H and O–H groups in total. The molecule has 1 rings (SSSR count). The number of hydrogen-bond acceptors (Lipinski definition) is 5. The molecule has 0 aliphatic carbocycles. The van der Waals surface area contributed by atoms with Crippen LogP contribution in [-0.2, 0) is 14.5 Å². The quantitative estimate of drug-likeness (QED) is 0.838. The molecule has 18 heavy (non-hydrogen) atoms. The third-order valence-corrected chi connectivity index (χ3v) is 2.68. The van der Waals surface area contributed by atoms with Crippen LogP contribution >= 0.6 is 0 Å². The zero-order valence-electron chi connectivity index (χ0n) is 9.97. The molecule has 0 aromatic heterocycles. The number of ether oxygens (including phenoxy) is 1. The summed E-state index contributed by atoms with van der Waals surface area (Å²) in [4.78, 5) is 11.0. The number of rotatable bonds is 5. The lowest BCUT2D eigenvalue weighted by Gasteiger charge is -2.09. The lowest BCUT2D eigenvalue weighted by atomic mass is 10.3. The zero-order chi connectivity index (χ0) is 13.6. The third kappa shape index (κ3) is 4.50. The second kappa shape index (κ2) is 6.10. The molecule has 0 heterocycles. The van der Waals surface area contributed by atoms with Crippen molar-refractivity contribution in [2.24, 2.45) is 0 Å².